The van der Waals surface area contributed by atoms with Gasteiger partial charge in [0.1, 0.15) is 5.75 Å². The Bertz CT molecular complexity index is 642. The minimum absolute atomic E-state index is 0.0464. The van der Waals surface area contributed by atoms with Crippen molar-refractivity contribution in [1.82, 2.24) is 15.6 Å². The third kappa shape index (κ3) is 5.78. The molecule has 1 aromatic heterocycles. The highest BCUT2D eigenvalue weighted by molar-refractivity contribution is 5.85. The second kappa shape index (κ2) is 8.53. The maximum atomic E-state index is 11.8. The van der Waals surface area contributed by atoms with Crippen LogP contribution in [0.4, 0.5) is 0 Å². The number of carbonyl (C=O) groups is 2. The lowest BCUT2D eigenvalue weighted by Gasteiger charge is -2.07. The van der Waals surface area contributed by atoms with Crippen LogP contribution in [0.1, 0.15) is 11.1 Å². The first kappa shape index (κ1) is 16.5. The van der Waals surface area contributed by atoms with E-state index in [1.807, 2.05) is 18.2 Å². The third-order valence-corrected chi connectivity index (χ3v) is 3.18. The second-order valence-electron chi connectivity index (χ2n) is 4.94. The molecule has 2 amide bonds. The van der Waals surface area contributed by atoms with Gasteiger partial charge in [-0.3, -0.25) is 14.6 Å². The van der Waals surface area contributed by atoms with Crippen molar-refractivity contribution in [3.8, 4) is 5.75 Å². The van der Waals surface area contributed by atoms with E-state index >= 15 is 0 Å². The molecular weight excluding hydrogens is 294 g/mol. The first-order valence-electron chi connectivity index (χ1n) is 7.22. The van der Waals surface area contributed by atoms with Crippen LogP contribution in [0.25, 0.3) is 0 Å². The molecule has 1 heterocycles. The van der Waals surface area contributed by atoms with Crippen LogP contribution in [0, 0.1) is 0 Å². The second-order valence-corrected chi connectivity index (χ2v) is 4.94. The van der Waals surface area contributed by atoms with Gasteiger partial charge in [-0.05, 0) is 29.3 Å². The van der Waals surface area contributed by atoms with Gasteiger partial charge in [0.2, 0.25) is 11.8 Å². The number of carbonyl (C=O) groups excluding carboxylic acids is 2. The van der Waals surface area contributed by atoms with E-state index in [0.29, 0.717) is 6.54 Å². The van der Waals surface area contributed by atoms with E-state index in [0.717, 1.165) is 16.9 Å². The van der Waals surface area contributed by atoms with Crippen molar-refractivity contribution in [2.24, 2.45) is 0 Å². The summed E-state index contributed by atoms with van der Waals surface area (Å²) >= 11 is 0. The van der Waals surface area contributed by atoms with Gasteiger partial charge in [-0.1, -0.05) is 18.2 Å². The van der Waals surface area contributed by atoms with Gasteiger partial charge < -0.3 is 15.4 Å². The summed E-state index contributed by atoms with van der Waals surface area (Å²) in [5.74, 6) is 0.299. The molecular formula is C17H19N3O3. The molecule has 120 valence electrons. The number of methoxy groups -OCH3 is 1. The van der Waals surface area contributed by atoms with Crippen molar-refractivity contribution in [2.75, 3.05) is 13.7 Å². The molecule has 0 aliphatic rings. The molecule has 0 radical (unpaired) electrons. The summed E-state index contributed by atoms with van der Waals surface area (Å²) in [4.78, 5) is 27.5. The number of benzene rings is 1. The molecule has 0 unspecified atom stereocenters. The third-order valence-electron chi connectivity index (χ3n) is 3.18. The summed E-state index contributed by atoms with van der Waals surface area (Å²) in [6.45, 7) is 0.344. The van der Waals surface area contributed by atoms with Crippen molar-refractivity contribution in [3.63, 3.8) is 0 Å². The molecule has 2 rings (SSSR count). The molecule has 0 bridgehead atoms. The van der Waals surface area contributed by atoms with Crippen LogP contribution in [-0.2, 0) is 22.6 Å². The number of rotatable bonds is 7. The van der Waals surface area contributed by atoms with Gasteiger partial charge in [0.15, 0.2) is 0 Å². The van der Waals surface area contributed by atoms with E-state index < -0.39 is 0 Å². The summed E-state index contributed by atoms with van der Waals surface area (Å²) in [5.41, 5.74) is 1.77. The van der Waals surface area contributed by atoms with Crippen LogP contribution < -0.4 is 15.4 Å². The number of nitrogens with zero attached hydrogens (tertiary/aromatic N) is 1. The lowest BCUT2D eigenvalue weighted by Crippen LogP contribution is -2.37. The molecule has 0 aliphatic carbocycles. The summed E-state index contributed by atoms with van der Waals surface area (Å²) in [7, 11) is 1.59. The molecule has 0 aliphatic heterocycles. The van der Waals surface area contributed by atoms with Crippen LogP contribution in [0.5, 0.6) is 5.75 Å². The summed E-state index contributed by atoms with van der Waals surface area (Å²) in [5, 5.41) is 5.32. The Hall–Kier alpha value is -2.89. The maximum Gasteiger partial charge on any atom is 0.239 e. The number of ether oxygens (including phenoxy) is 1. The predicted octanol–water partition coefficient (Wildman–Crippen LogP) is 1.07. The first-order chi connectivity index (χ1) is 11.2. The molecule has 6 nitrogen and oxygen atoms in total. The van der Waals surface area contributed by atoms with Crippen molar-refractivity contribution in [1.29, 1.82) is 0 Å². The molecule has 0 spiro atoms. The molecule has 2 aromatic rings. The molecule has 6 heteroatoms. The number of hydrogen-bond acceptors (Lipinski definition) is 4. The average Bonchev–Trinajstić information content (AvgIpc) is 2.60. The number of amides is 2. The fraction of sp³-hybridized carbons (Fsp3) is 0.235. The van der Waals surface area contributed by atoms with E-state index in [1.54, 1.807) is 37.7 Å². The van der Waals surface area contributed by atoms with Gasteiger partial charge in [-0.2, -0.15) is 0 Å². The van der Waals surface area contributed by atoms with Crippen LogP contribution >= 0.6 is 0 Å². The predicted molar refractivity (Wildman–Crippen MR) is 85.8 cm³/mol. The molecule has 23 heavy (non-hydrogen) atoms. The number of aromatic nitrogens is 1. The highest BCUT2D eigenvalue weighted by Crippen LogP contribution is 2.11. The average molecular weight is 313 g/mol. The van der Waals surface area contributed by atoms with Crippen LogP contribution in [-0.4, -0.2) is 30.5 Å². The van der Waals surface area contributed by atoms with E-state index in [-0.39, 0.29) is 24.8 Å². The van der Waals surface area contributed by atoms with Crippen molar-refractivity contribution in [2.45, 2.75) is 13.0 Å². The largest absolute Gasteiger partial charge is 0.497 e. The fourth-order valence-corrected chi connectivity index (χ4v) is 1.94. The van der Waals surface area contributed by atoms with Gasteiger partial charge in [-0.25, -0.2) is 0 Å². The monoisotopic (exact) mass is 313 g/mol. The van der Waals surface area contributed by atoms with Crippen LogP contribution in [0.2, 0.25) is 0 Å². The Morgan fingerprint density at radius 1 is 1.04 bits per heavy atom. The summed E-state index contributed by atoms with van der Waals surface area (Å²) in [6.07, 6.45) is 3.58. The summed E-state index contributed by atoms with van der Waals surface area (Å²) in [6, 6.07) is 10.9. The Morgan fingerprint density at radius 2 is 1.83 bits per heavy atom. The Kier molecular flexibility index (Phi) is 6.11. The van der Waals surface area contributed by atoms with Crippen molar-refractivity contribution < 1.29 is 14.3 Å². The zero-order valence-electron chi connectivity index (χ0n) is 12.9. The highest BCUT2D eigenvalue weighted by Gasteiger charge is 2.06. The Balaban J connectivity index is 1.69. The normalized spacial score (nSPS) is 9.96. The maximum absolute atomic E-state index is 11.8. The molecule has 2 N–H and O–H groups in total. The van der Waals surface area contributed by atoms with Crippen LogP contribution in [0.15, 0.2) is 48.8 Å². The quantitative estimate of drug-likeness (QED) is 0.801. The number of nitrogens with one attached hydrogen (secondary N) is 2. The molecule has 1 aromatic carbocycles. The minimum atomic E-state index is -0.239. The lowest BCUT2D eigenvalue weighted by molar-refractivity contribution is -0.125. The van der Waals surface area contributed by atoms with E-state index in [4.69, 9.17) is 4.74 Å². The van der Waals surface area contributed by atoms with Gasteiger partial charge in [0, 0.05) is 18.9 Å². The zero-order chi connectivity index (χ0) is 16.5. The van der Waals surface area contributed by atoms with Gasteiger partial charge in [0.25, 0.3) is 0 Å². The highest BCUT2D eigenvalue weighted by atomic mass is 16.5. The van der Waals surface area contributed by atoms with Gasteiger partial charge >= 0.3 is 0 Å². The SMILES string of the molecule is COc1ccc(CC(=O)NCC(=O)NCc2cccnc2)cc1. The molecule has 0 saturated carbocycles. The zero-order valence-corrected chi connectivity index (χ0v) is 12.9. The Morgan fingerprint density at radius 3 is 2.48 bits per heavy atom. The summed E-state index contributed by atoms with van der Waals surface area (Å²) < 4.78 is 5.06. The minimum Gasteiger partial charge on any atom is -0.497 e. The van der Waals surface area contributed by atoms with E-state index in [9.17, 15) is 9.59 Å². The first-order valence-corrected chi connectivity index (χ1v) is 7.22. The Labute approximate surface area is 134 Å². The number of hydrogen-bond donors (Lipinski definition) is 2. The van der Waals surface area contributed by atoms with E-state index in [2.05, 4.69) is 15.6 Å². The number of pyridine rings is 1. The molecule has 0 fully saturated rings. The van der Waals surface area contributed by atoms with Crippen molar-refractivity contribution >= 4 is 11.8 Å². The van der Waals surface area contributed by atoms with Gasteiger partial charge in [0.05, 0.1) is 20.1 Å². The standard InChI is InChI=1S/C17H19N3O3/c1-23-15-6-4-13(5-7-15)9-16(21)20-12-17(22)19-11-14-3-2-8-18-10-14/h2-8,10H,9,11-12H2,1H3,(H,19,22)(H,20,21). The smallest absolute Gasteiger partial charge is 0.239 e. The molecule has 0 saturated heterocycles. The molecule has 0 atom stereocenters. The fourth-order valence-electron chi connectivity index (χ4n) is 1.94. The van der Waals surface area contributed by atoms with Crippen LogP contribution in [0.3, 0.4) is 0 Å². The topological polar surface area (TPSA) is 80.3 Å². The van der Waals surface area contributed by atoms with E-state index in [1.165, 1.54) is 0 Å². The lowest BCUT2D eigenvalue weighted by atomic mass is 10.1. The van der Waals surface area contributed by atoms with Crippen molar-refractivity contribution in [3.05, 3.63) is 59.9 Å². The van der Waals surface area contributed by atoms with Gasteiger partial charge in [-0.15, -0.1) is 0 Å².